The number of methoxy groups -OCH3 is 2. The van der Waals surface area contributed by atoms with E-state index in [9.17, 15) is 8.42 Å². The van der Waals surface area contributed by atoms with Crippen molar-refractivity contribution in [3.8, 4) is 22.9 Å². The summed E-state index contributed by atoms with van der Waals surface area (Å²) in [7, 11) is 0.875. The molecule has 0 aliphatic heterocycles. The summed E-state index contributed by atoms with van der Waals surface area (Å²) >= 11 is 0. The molecule has 0 atom stereocenters. The number of ether oxygens (including phenoxy) is 2. The molecule has 0 unspecified atom stereocenters. The Kier molecular flexibility index (Phi) is 5.66. The van der Waals surface area contributed by atoms with E-state index in [4.69, 9.17) is 14.0 Å². The van der Waals surface area contributed by atoms with Gasteiger partial charge in [-0.15, -0.1) is 0 Å². The van der Waals surface area contributed by atoms with Crippen molar-refractivity contribution < 1.29 is 22.4 Å². The van der Waals surface area contributed by atoms with Crippen LogP contribution in [-0.2, 0) is 16.6 Å². The fraction of sp³-hybridized carbons (Fsp3) is 0.263. The SMILES string of the molecule is COc1ccc(-c2noc(CN(C)S(=O)(=O)c3ccc(OC)c(C)c3)n2)cc1. The largest absolute Gasteiger partial charge is 0.497 e. The van der Waals surface area contributed by atoms with Gasteiger partial charge in [-0.2, -0.15) is 9.29 Å². The molecule has 1 heterocycles. The van der Waals surface area contributed by atoms with Crippen LogP contribution in [0.5, 0.6) is 11.5 Å². The van der Waals surface area contributed by atoms with Gasteiger partial charge in [-0.05, 0) is 55.0 Å². The number of rotatable bonds is 7. The van der Waals surface area contributed by atoms with Gasteiger partial charge >= 0.3 is 0 Å². The van der Waals surface area contributed by atoms with Crippen molar-refractivity contribution in [2.45, 2.75) is 18.4 Å². The third-order valence-corrected chi connectivity index (χ3v) is 6.05. The van der Waals surface area contributed by atoms with Gasteiger partial charge in [0.25, 0.3) is 0 Å². The molecule has 0 spiro atoms. The molecule has 148 valence electrons. The highest BCUT2D eigenvalue weighted by atomic mass is 32.2. The van der Waals surface area contributed by atoms with Crippen LogP contribution in [0.4, 0.5) is 0 Å². The maximum atomic E-state index is 12.8. The Morgan fingerprint density at radius 3 is 2.39 bits per heavy atom. The van der Waals surface area contributed by atoms with Crippen LogP contribution in [0.2, 0.25) is 0 Å². The molecule has 3 aromatic rings. The molecule has 8 nitrogen and oxygen atoms in total. The highest BCUT2D eigenvalue weighted by Crippen LogP contribution is 2.24. The molecule has 0 aliphatic rings. The van der Waals surface area contributed by atoms with Gasteiger partial charge in [0.15, 0.2) is 0 Å². The summed E-state index contributed by atoms with van der Waals surface area (Å²) in [6.07, 6.45) is 0. The first-order valence-electron chi connectivity index (χ1n) is 8.43. The van der Waals surface area contributed by atoms with Crippen LogP contribution in [0.3, 0.4) is 0 Å². The van der Waals surface area contributed by atoms with Gasteiger partial charge in [0.2, 0.25) is 21.7 Å². The lowest BCUT2D eigenvalue weighted by Crippen LogP contribution is -2.26. The van der Waals surface area contributed by atoms with Crippen molar-refractivity contribution in [2.75, 3.05) is 21.3 Å². The van der Waals surface area contributed by atoms with Gasteiger partial charge in [-0.25, -0.2) is 8.42 Å². The van der Waals surface area contributed by atoms with Crippen molar-refractivity contribution in [1.29, 1.82) is 0 Å². The van der Waals surface area contributed by atoms with E-state index in [1.807, 2.05) is 0 Å². The molecule has 0 saturated carbocycles. The number of hydrogen-bond acceptors (Lipinski definition) is 7. The van der Waals surface area contributed by atoms with E-state index in [1.54, 1.807) is 57.5 Å². The van der Waals surface area contributed by atoms with E-state index < -0.39 is 10.0 Å². The maximum absolute atomic E-state index is 12.8. The summed E-state index contributed by atoms with van der Waals surface area (Å²) in [6, 6.07) is 11.9. The topological polar surface area (TPSA) is 94.8 Å². The Labute approximate surface area is 163 Å². The second-order valence-corrected chi connectivity index (χ2v) is 8.18. The standard InChI is InChI=1S/C19H21N3O5S/c1-13-11-16(9-10-17(13)26-4)28(23,24)22(2)12-18-20-19(21-27-18)14-5-7-15(25-3)8-6-14/h5-11H,12H2,1-4H3. The van der Waals surface area contributed by atoms with E-state index in [0.717, 1.165) is 11.1 Å². The van der Waals surface area contributed by atoms with Gasteiger partial charge in [0.1, 0.15) is 11.5 Å². The van der Waals surface area contributed by atoms with Crippen LogP contribution in [0.1, 0.15) is 11.5 Å². The third kappa shape index (κ3) is 4.00. The summed E-state index contributed by atoms with van der Waals surface area (Å²) < 4.78 is 42.3. The second kappa shape index (κ2) is 7.99. The van der Waals surface area contributed by atoms with Crippen LogP contribution in [0.15, 0.2) is 51.9 Å². The van der Waals surface area contributed by atoms with Crippen LogP contribution in [0, 0.1) is 6.92 Å². The van der Waals surface area contributed by atoms with Crippen LogP contribution in [-0.4, -0.2) is 44.1 Å². The number of aryl methyl sites for hydroxylation is 1. The first-order valence-corrected chi connectivity index (χ1v) is 9.87. The van der Waals surface area contributed by atoms with Crippen LogP contribution >= 0.6 is 0 Å². The molecule has 9 heteroatoms. The van der Waals surface area contributed by atoms with Crippen molar-refractivity contribution in [3.05, 3.63) is 53.9 Å². The van der Waals surface area contributed by atoms with Gasteiger partial charge in [-0.1, -0.05) is 5.16 Å². The number of aromatic nitrogens is 2. The van der Waals surface area contributed by atoms with E-state index >= 15 is 0 Å². The van der Waals surface area contributed by atoms with E-state index in [-0.39, 0.29) is 17.3 Å². The Morgan fingerprint density at radius 2 is 1.79 bits per heavy atom. The highest BCUT2D eigenvalue weighted by molar-refractivity contribution is 7.89. The lowest BCUT2D eigenvalue weighted by molar-refractivity contribution is 0.336. The molecule has 0 bridgehead atoms. The molecule has 2 aromatic carbocycles. The average molecular weight is 403 g/mol. The fourth-order valence-corrected chi connectivity index (χ4v) is 3.85. The minimum atomic E-state index is -3.72. The molecule has 28 heavy (non-hydrogen) atoms. The Morgan fingerprint density at radius 1 is 1.07 bits per heavy atom. The minimum Gasteiger partial charge on any atom is -0.497 e. The Hall–Kier alpha value is -2.91. The molecular weight excluding hydrogens is 382 g/mol. The van der Waals surface area contributed by atoms with Gasteiger partial charge in [-0.3, -0.25) is 0 Å². The number of benzene rings is 2. The van der Waals surface area contributed by atoms with Gasteiger partial charge < -0.3 is 14.0 Å². The van der Waals surface area contributed by atoms with E-state index in [2.05, 4.69) is 10.1 Å². The number of nitrogens with zero attached hydrogens (tertiary/aromatic N) is 3. The molecule has 0 aliphatic carbocycles. The van der Waals surface area contributed by atoms with Crippen molar-refractivity contribution in [2.24, 2.45) is 0 Å². The highest BCUT2D eigenvalue weighted by Gasteiger charge is 2.24. The molecule has 0 saturated heterocycles. The average Bonchev–Trinajstić information content (AvgIpc) is 3.16. The smallest absolute Gasteiger partial charge is 0.243 e. The third-order valence-electron chi connectivity index (χ3n) is 4.25. The monoisotopic (exact) mass is 403 g/mol. The summed E-state index contributed by atoms with van der Waals surface area (Å²) in [5.74, 6) is 1.92. The zero-order chi connectivity index (χ0) is 20.3. The quantitative estimate of drug-likeness (QED) is 0.599. The molecule has 0 amide bonds. The zero-order valence-electron chi connectivity index (χ0n) is 16.0. The fourth-order valence-electron chi connectivity index (χ4n) is 2.64. The van der Waals surface area contributed by atoms with Gasteiger partial charge in [0.05, 0.1) is 25.7 Å². The van der Waals surface area contributed by atoms with E-state index in [1.165, 1.54) is 17.4 Å². The van der Waals surface area contributed by atoms with E-state index in [0.29, 0.717) is 17.3 Å². The predicted octanol–water partition coefficient (Wildman–Crippen LogP) is 2.88. The normalized spacial score (nSPS) is 11.6. The molecule has 0 N–H and O–H groups in total. The van der Waals surface area contributed by atoms with Crippen molar-refractivity contribution >= 4 is 10.0 Å². The predicted molar refractivity (Wildman–Crippen MR) is 103 cm³/mol. The minimum absolute atomic E-state index is 0.0451. The molecule has 0 radical (unpaired) electrons. The van der Waals surface area contributed by atoms with Crippen LogP contribution < -0.4 is 9.47 Å². The number of sulfonamides is 1. The molecule has 3 rings (SSSR count). The van der Waals surface area contributed by atoms with Crippen LogP contribution in [0.25, 0.3) is 11.4 Å². The first-order chi connectivity index (χ1) is 13.3. The first kappa shape index (κ1) is 19.8. The molecule has 0 fully saturated rings. The van der Waals surface area contributed by atoms with Crippen molar-refractivity contribution in [3.63, 3.8) is 0 Å². The van der Waals surface area contributed by atoms with Gasteiger partial charge in [0, 0.05) is 12.6 Å². The lowest BCUT2D eigenvalue weighted by atomic mass is 10.2. The number of hydrogen-bond donors (Lipinski definition) is 0. The summed E-state index contributed by atoms with van der Waals surface area (Å²) in [5, 5.41) is 3.92. The molecule has 1 aromatic heterocycles. The summed E-state index contributed by atoms with van der Waals surface area (Å²) in [4.78, 5) is 4.45. The molecular formula is C19H21N3O5S. The second-order valence-electron chi connectivity index (χ2n) is 6.13. The van der Waals surface area contributed by atoms with Crippen molar-refractivity contribution in [1.82, 2.24) is 14.4 Å². The summed E-state index contributed by atoms with van der Waals surface area (Å²) in [5.41, 5.74) is 1.48. The lowest BCUT2D eigenvalue weighted by Gasteiger charge is -2.16. The Balaban J connectivity index is 1.77. The Bertz CT molecular complexity index is 1060. The summed E-state index contributed by atoms with van der Waals surface area (Å²) in [6.45, 7) is 1.74. The zero-order valence-corrected chi connectivity index (χ0v) is 16.9. The maximum Gasteiger partial charge on any atom is 0.243 e.